The third-order valence-electron chi connectivity index (χ3n) is 3.99. The number of hydrogen-bond acceptors (Lipinski definition) is 7. The molecule has 0 heterocycles. The lowest BCUT2D eigenvalue weighted by atomic mass is 10.3. The summed E-state index contributed by atoms with van der Waals surface area (Å²) in [4.78, 5) is 0. The molecule has 0 saturated carbocycles. The molecule has 0 aliphatic heterocycles. The summed E-state index contributed by atoms with van der Waals surface area (Å²) in [6, 6.07) is 0. The Hall–Kier alpha value is -0.0100. The van der Waals surface area contributed by atoms with E-state index in [0.29, 0.717) is 26.4 Å². The van der Waals surface area contributed by atoms with Crippen LogP contribution in [0.2, 0.25) is 0 Å². The van der Waals surface area contributed by atoms with E-state index in [0.717, 1.165) is 51.4 Å². The maximum absolute atomic E-state index is 12.6. The van der Waals surface area contributed by atoms with Crippen molar-refractivity contribution < 1.29 is 32.6 Å². The Balaban J connectivity index is 4.88. The van der Waals surface area contributed by atoms with Gasteiger partial charge in [0.1, 0.15) is 0 Å². The highest BCUT2D eigenvalue weighted by atomic mass is 31.1. The number of ether oxygens (including phenoxy) is 4. The molecule has 0 unspecified atom stereocenters. The molecule has 170 valence electrons. The van der Waals surface area contributed by atoms with E-state index in [9.17, 15) is 4.57 Å². The summed E-state index contributed by atoms with van der Waals surface area (Å²) in [5.74, 6) is -2.84. The molecule has 0 amide bonds. The molecular weight excluding hydrogens is 383 g/mol. The zero-order chi connectivity index (χ0) is 21.3. The van der Waals surface area contributed by atoms with Crippen LogP contribution in [0.15, 0.2) is 0 Å². The molecule has 0 fully saturated rings. The molecule has 0 aliphatic rings. The second-order valence-corrected chi connectivity index (χ2v) is 7.90. The molecule has 0 bridgehead atoms. The van der Waals surface area contributed by atoms with E-state index in [1.807, 2.05) is 0 Å². The number of hydrogen-bond donors (Lipinski definition) is 0. The van der Waals surface area contributed by atoms with Crippen LogP contribution >= 0.6 is 8.25 Å². The molecule has 28 heavy (non-hydrogen) atoms. The quantitative estimate of drug-likeness (QED) is 0.134. The topological polar surface area (TPSA) is 72.5 Å². The van der Waals surface area contributed by atoms with Crippen molar-refractivity contribution in [3.05, 3.63) is 0 Å². The van der Waals surface area contributed by atoms with Gasteiger partial charge in [0.15, 0.2) is 0 Å². The molecule has 0 atom stereocenters. The maximum atomic E-state index is 12.6. The summed E-state index contributed by atoms with van der Waals surface area (Å²) in [5.41, 5.74) is 0. The largest absolute Gasteiger partial charge is 0.327 e. The molecule has 0 aromatic carbocycles. The molecule has 0 saturated heterocycles. The minimum absolute atomic E-state index is 0.450. The summed E-state index contributed by atoms with van der Waals surface area (Å²) in [5, 5.41) is 0. The zero-order valence-electron chi connectivity index (χ0n) is 18.8. The van der Waals surface area contributed by atoms with Gasteiger partial charge in [-0.1, -0.05) is 53.4 Å². The third kappa shape index (κ3) is 14.0. The van der Waals surface area contributed by atoms with Gasteiger partial charge >= 0.3 is 8.25 Å². The molecule has 0 N–H and O–H groups in total. The van der Waals surface area contributed by atoms with Gasteiger partial charge in [0.25, 0.3) is 11.9 Å². The summed E-state index contributed by atoms with van der Waals surface area (Å²) in [7, 11) is -3.00. The van der Waals surface area contributed by atoms with Gasteiger partial charge in [-0.2, -0.15) is 0 Å². The van der Waals surface area contributed by atoms with Crippen LogP contribution in [0.1, 0.15) is 92.9 Å². The fourth-order valence-electron chi connectivity index (χ4n) is 2.13. The van der Waals surface area contributed by atoms with E-state index in [1.165, 1.54) is 0 Å². The molecule has 0 rings (SSSR count). The van der Waals surface area contributed by atoms with Crippen LogP contribution in [-0.2, 0) is 32.6 Å². The second-order valence-electron chi connectivity index (χ2n) is 6.99. The van der Waals surface area contributed by atoms with Crippen molar-refractivity contribution in [2.24, 2.45) is 0 Å². The van der Waals surface area contributed by atoms with E-state index in [2.05, 4.69) is 27.7 Å². The molecule has 0 aromatic heterocycles. The average molecular weight is 427 g/mol. The minimum Gasteiger partial charge on any atom is -0.327 e. The predicted molar refractivity (Wildman–Crippen MR) is 111 cm³/mol. The second kappa shape index (κ2) is 16.8. The van der Waals surface area contributed by atoms with Crippen molar-refractivity contribution in [3.63, 3.8) is 0 Å². The summed E-state index contributed by atoms with van der Waals surface area (Å²) >= 11 is 0. The first-order chi connectivity index (χ1) is 13.3. The summed E-state index contributed by atoms with van der Waals surface area (Å²) < 4.78 is 46.6. The lowest BCUT2D eigenvalue weighted by molar-refractivity contribution is -0.354. The Kier molecular flexibility index (Phi) is 16.7. The summed E-state index contributed by atoms with van der Waals surface area (Å²) in [6.07, 6.45) is 7.34. The number of unbranched alkanes of at least 4 members (excludes halogenated alkanes) is 4. The van der Waals surface area contributed by atoms with Gasteiger partial charge in [-0.05, 0) is 25.7 Å². The number of rotatable bonds is 20. The normalized spacial score (nSPS) is 12.8. The van der Waals surface area contributed by atoms with Crippen molar-refractivity contribution in [2.75, 3.05) is 26.4 Å². The van der Waals surface area contributed by atoms with Crippen molar-refractivity contribution in [3.8, 4) is 0 Å². The van der Waals surface area contributed by atoms with Gasteiger partial charge in [0.05, 0.1) is 26.4 Å². The van der Waals surface area contributed by atoms with Crippen LogP contribution < -0.4 is 0 Å². The Morgan fingerprint density at radius 2 is 0.821 bits per heavy atom. The highest BCUT2D eigenvalue weighted by Gasteiger charge is 2.35. The molecule has 7 nitrogen and oxygen atoms in total. The maximum Gasteiger partial charge on any atom is 0.327 e. The van der Waals surface area contributed by atoms with Gasteiger partial charge < -0.3 is 18.9 Å². The first-order valence-electron chi connectivity index (χ1n) is 10.8. The fraction of sp³-hybridized carbons (Fsp3) is 1.00. The van der Waals surface area contributed by atoms with E-state index in [-0.39, 0.29) is 0 Å². The molecular formula is C20H43O7P. The van der Waals surface area contributed by atoms with Gasteiger partial charge in [0.2, 0.25) is 0 Å². The lowest BCUT2D eigenvalue weighted by Crippen LogP contribution is -2.37. The van der Waals surface area contributed by atoms with E-state index >= 15 is 0 Å². The van der Waals surface area contributed by atoms with Gasteiger partial charge in [-0.15, -0.1) is 0 Å². The third-order valence-corrected chi connectivity index (χ3v) is 5.06. The molecule has 0 radical (unpaired) electrons. The Labute approximate surface area is 172 Å². The van der Waals surface area contributed by atoms with Gasteiger partial charge in [-0.3, -0.25) is 13.6 Å². The SMILES string of the molecule is CCCCOC(C)(OCCCC)O[PH](=O)OC(C)(OCCCC)OCCCC. The monoisotopic (exact) mass is 426 g/mol. The van der Waals surface area contributed by atoms with Crippen LogP contribution in [0.3, 0.4) is 0 Å². The standard InChI is InChI=1S/C20H43O7P/c1-7-11-15-22-19(5,23-16-12-8-2)26-28(21)27-20(6,24-17-13-9-3)25-18-14-10-4/h28H,7-18H2,1-6H3. The Morgan fingerprint density at radius 3 is 1.04 bits per heavy atom. The van der Waals surface area contributed by atoms with Crippen LogP contribution in [0.25, 0.3) is 0 Å². The highest BCUT2D eigenvalue weighted by molar-refractivity contribution is 7.33. The predicted octanol–water partition coefficient (Wildman–Crippen LogP) is 6.02. The van der Waals surface area contributed by atoms with Crippen LogP contribution in [0.5, 0.6) is 0 Å². The highest BCUT2D eigenvalue weighted by Crippen LogP contribution is 2.38. The Bertz CT molecular complexity index is 339. The smallest absolute Gasteiger partial charge is 0.327 e. The van der Waals surface area contributed by atoms with E-state index < -0.39 is 20.2 Å². The van der Waals surface area contributed by atoms with Crippen molar-refractivity contribution >= 4 is 8.25 Å². The van der Waals surface area contributed by atoms with Crippen LogP contribution in [-0.4, -0.2) is 38.4 Å². The molecule has 8 heteroatoms. The fourth-order valence-corrected chi connectivity index (χ4v) is 3.02. The van der Waals surface area contributed by atoms with Gasteiger partial charge in [0, 0.05) is 13.8 Å². The van der Waals surface area contributed by atoms with Crippen LogP contribution in [0, 0.1) is 0 Å². The van der Waals surface area contributed by atoms with Crippen LogP contribution in [0.4, 0.5) is 0 Å². The first kappa shape index (κ1) is 28.0. The van der Waals surface area contributed by atoms with Crippen molar-refractivity contribution in [1.29, 1.82) is 0 Å². The lowest BCUT2D eigenvalue weighted by Gasteiger charge is -2.32. The van der Waals surface area contributed by atoms with Crippen molar-refractivity contribution in [2.45, 2.75) is 105 Å². The Morgan fingerprint density at radius 1 is 0.571 bits per heavy atom. The van der Waals surface area contributed by atoms with E-state index in [1.54, 1.807) is 13.8 Å². The molecule has 0 spiro atoms. The average Bonchev–Trinajstić information content (AvgIpc) is 2.62. The zero-order valence-corrected chi connectivity index (χ0v) is 19.8. The minimum atomic E-state index is -3.00. The molecule has 0 aromatic rings. The first-order valence-corrected chi connectivity index (χ1v) is 12.0. The van der Waals surface area contributed by atoms with Gasteiger partial charge in [-0.25, -0.2) is 0 Å². The summed E-state index contributed by atoms with van der Waals surface area (Å²) in [6.45, 7) is 13.3. The van der Waals surface area contributed by atoms with Crippen molar-refractivity contribution in [1.82, 2.24) is 0 Å². The molecule has 0 aliphatic carbocycles. The van der Waals surface area contributed by atoms with E-state index in [4.69, 9.17) is 28.0 Å².